The van der Waals surface area contributed by atoms with Crippen molar-refractivity contribution in [1.29, 1.82) is 0 Å². The summed E-state index contributed by atoms with van der Waals surface area (Å²) in [5.74, 6) is 0.609. The molecule has 1 aromatic carbocycles. The molecule has 1 aromatic rings. The minimum atomic E-state index is -0.0103. The number of nitrogen functional groups attached to an aromatic ring is 1. The van der Waals surface area contributed by atoms with Crippen molar-refractivity contribution >= 4 is 34.8 Å². The van der Waals surface area contributed by atoms with E-state index in [0.717, 1.165) is 25.9 Å². The largest absolute Gasteiger partial charge is 0.397 e. The Labute approximate surface area is 123 Å². The van der Waals surface area contributed by atoms with Gasteiger partial charge in [-0.05, 0) is 30.9 Å². The van der Waals surface area contributed by atoms with Crippen LogP contribution in [0.4, 0.5) is 5.69 Å². The molecule has 0 bridgehead atoms. The molecule has 2 N–H and O–H groups in total. The van der Waals surface area contributed by atoms with Gasteiger partial charge in [-0.3, -0.25) is 4.79 Å². The van der Waals surface area contributed by atoms with E-state index in [1.165, 1.54) is 6.42 Å². The van der Waals surface area contributed by atoms with Crippen molar-refractivity contribution in [3.8, 4) is 0 Å². The maximum absolute atomic E-state index is 12.4. The topological polar surface area (TPSA) is 46.3 Å². The third-order valence-corrected chi connectivity index (χ3v) is 4.39. The first kappa shape index (κ1) is 14.5. The molecule has 1 saturated heterocycles. The van der Waals surface area contributed by atoms with Crippen LogP contribution in [0.2, 0.25) is 10.0 Å². The van der Waals surface area contributed by atoms with Gasteiger partial charge in [-0.25, -0.2) is 0 Å². The van der Waals surface area contributed by atoms with Crippen molar-refractivity contribution in [2.24, 2.45) is 5.92 Å². The van der Waals surface area contributed by atoms with Gasteiger partial charge in [0.05, 0.1) is 15.7 Å². The Morgan fingerprint density at radius 1 is 1.47 bits per heavy atom. The van der Waals surface area contributed by atoms with Crippen molar-refractivity contribution in [2.45, 2.75) is 26.2 Å². The van der Waals surface area contributed by atoms with Gasteiger partial charge in [0.1, 0.15) is 0 Å². The molecule has 3 nitrogen and oxygen atoms in total. The molecule has 0 aliphatic carbocycles. The third-order valence-electron chi connectivity index (χ3n) is 3.57. The Morgan fingerprint density at radius 2 is 2.21 bits per heavy atom. The van der Waals surface area contributed by atoms with Gasteiger partial charge in [0.15, 0.2) is 0 Å². The summed E-state index contributed by atoms with van der Waals surface area (Å²) in [5.41, 5.74) is 6.61. The monoisotopic (exact) mass is 300 g/mol. The van der Waals surface area contributed by atoms with Crippen molar-refractivity contribution < 1.29 is 4.79 Å². The third kappa shape index (κ3) is 3.15. The lowest BCUT2D eigenvalue weighted by Gasteiger charge is -2.17. The van der Waals surface area contributed by atoms with Gasteiger partial charge in [0, 0.05) is 18.7 Å². The molecule has 1 aliphatic rings. The first-order chi connectivity index (χ1) is 9.02. The second-order valence-electron chi connectivity index (χ2n) is 5.06. The fraction of sp³-hybridized carbons (Fsp3) is 0.500. The highest BCUT2D eigenvalue weighted by Crippen LogP contribution is 2.31. The Balaban J connectivity index is 2.13. The van der Waals surface area contributed by atoms with Crippen LogP contribution in [0.1, 0.15) is 36.5 Å². The van der Waals surface area contributed by atoms with E-state index in [2.05, 4.69) is 6.92 Å². The van der Waals surface area contributed by atoms with Crippen LogP contribution in [0.15, 0.2) is 12.1 Å². The number of rotatable bonds is 3. The average molecular weight is 301 g/mol. The van der Waals surface area contributed by atoms with Gasteiger partial charge in [0.25, 0.3) is 5.91 Å². The predicted octanol–water partition coefficient (Wildman–Crippen LogP) is 3.84. The minimum absolute atomic E-state index is 0.0103. The lowest BCUT2D eigenvalue weighted by molar-refractivity contribution is 0.0786. The van der Waals surface area contributed by atoms with Crippen LogP contribution in [-0.4, -0.2) is 23.9 Å². The molecule has 0 spiro atoms. The zero-order valence-corrected chi connectivity index (χ0v) is 12.5. The summed E-state index contributed by atoms with van der Waals surface area (Å²) in [5, 5.41) is 0.637. The van der Waals surface area contributed by atoms with Crippen LogP contribution in [0.3, 0.4) is 0 Å². The summed E-state index contributed by atoms with van der Waals surface area (Å²) < 4.78 is 0. The molecular weight excluding hydrogens is 283 g/mol. The lowest BCUT2D eigenvalue weighted by atomic mass is 10.0. The number of halogens is 2. The number of carbonyl (C=O) groups is 1. The summed E-state index contributed by atoms with van der Waals surface area (Å²) in [7, 11) is 0. The van der Waals surface area contributed by atoms with E-state index in [9.17, 15) is 4.79 Å². The average Bonchev–Trinajstić information content (AvgIpc) is 2.83. The van der Waals surface area contributed by atoms with E-state index in [1.54, 1.807) is 12.1 Å². The lowest BCUT2D eigenvalue weighted by Crippen LogP contribution is -2.28. The summed E-state index contributed by atoms with van der Waals surface area (Å²) in [4.78, 5) is 14.3. The zero-order valence-electron chi connectivity index (χ0n) is 11.0. The Hall–Kier alpha value is -0.930. The molecule has 0 radical (unpaired) electrons. The van der Waals surface area contributed by atoms with Gasteiger partial charge in [-0.15, -0.1) is 0 Å². The molecule has 1 aliphatic heterocycles. The van der Waals surface area contributed by atoms with Gasteiger partial charge in [-0.2, -0.15) is 0 Å². The Morgan fingerprint density at radius 3 is 2.84 bits per heavy atom. The fourth-order valence-corrected chi connectivity index (χ4v) is 2.91. The molecule has 1 fully saturated rings. The van der Waals surface area contributed by atoms with E-state index < -0.39 is 0 Å². The molecule has 1 amide bonds. The molecule has 5 heteroatoms. The second kappa shape index (κ2) is 6.02. The first-order valence-electron chi connectivity index (χ1n) is 6.56. The van der Waals surface area contributed by atoms with Crippen LogP contribution in [0, 0.1) is 5.92 Å². The van der Waals surface area contributed by atoms with Crippen molar-refractivity contribution in [3.63, 3.8) is 0 Å². The predicted molar refractivity (Wildman–Crippen MR) is 79.8 cm³/mol. The first-order valence-corrected chi connectivity index (χ1v) is 7.32. The van der Waals surface area contributed by atoms with Crippen molar-refractivity contribution in [1.82, 2.24) is 4.90 Å². The summed E-state index contributed by atoms with van der Waals surface area (Å²) in [6.45, 7) is 3.81. The highest BCUT2D eigenvalue weighted by molar-refractivity contribution is 6.43. The molecule has 1 unspecified atom stereocenters. The van der Waals surface area contributed by atoms with E-state index >= 15 is 0 Å². The number of amides is 1. The van der Waals surface area contributed by atoms with Crippen LogP contribution in [0.25, 0.3) is 0 Å². The summed E-state index contributed by atoms with van der Waals surface area (Å²) in [6.07, 6.45) is 3.41. The highest BCUT2D eigenvalue weighted by Gasteiger charge is 2.26. The fourth-order valence-electron chi connectivity index (χ4n) is 2.58. The molecule has 2 rings (SSSR count). The molecule has 104 valence electrons. The van der Waals surface area contributed by atoms with Crippen molar-refractivity contribution in [3.05, 3.63) is 27.7 Å². The maximum atomic E-state index is 12.4. The maximum Gasteiger partial charge on any atom is 0.253 e. The smallest absolute Gasteiger partial charge is 0.253 e. The van der Waals surface area contributed by atoms with Crippen LogP contribution in [-0.2, 0) is 0 Å². The second-order valence-corrected chi connectivity index (χ2v) is 5.84. The van der Waals surface area contributed by atoms with E-state index in [4.69, 9.17) is 28.9 Å². The van der Waals surface area contributed by atoms with E-state index in [1.807, 2.05) is 4.90 Å². The number of likely N-dealkylation sites (tertiary alicyclic amines) is 1. The zero-order chi connectivity index (χ0) is 14.0. The van der Waals surface area contributed by atoms with Gasteiger partial charge in [-0.1, -0.05) is 36.5 Å². The number of hydrogen-bond donors (Lipinski definition) is 1. The van der Waals surface area contributed by atoms with Crippen LogP contribution in [0.5, 0.6) is 0 Å². The number of hydrogen-bond acceptors (Lipinski definition) is 2. The number of benzene rings is 1. The number of carbonyl (C=O) groups excluding carboxylic acids is 1. The van der Waals surface area contributed by atoms with E-state index in [-0.39, 0.29) is 5.91 Å². The van der Waals surface area contributed by atoms with Crippen molar-refractivity contribution in [2.75, 3.05) is 18.8 Å². The van der Waals surface area contributed by atoms with Crippen LogP contribution < -0.4 is 5.73 Å². The van der Waals surface area contributed by atoms with Crippen LogP contribution >= 0.6 is 23.2 Å². The van der Waals surface area contributed by atoms with Gasteiger partial charge in [0.2, 0.25) is 0 Å². The van der Waals surface area contributed by atoms with E-state index in [0.29, 0.717) is 27.2 Å². The summed E-state index contributed by atoms with van der Waals surface area (Å²) >= 11 is 11.9. The Bertz CT molecular complexity index is 467. The molecule has 0 saturated carbocycles. The minimum Gasteiger partial charge on any atom is -0.397 e. The number of anilines is 1. The molecular formula is C14H18Cl2N2O. The molecule has 19 heavy (non-hydrogen) atoms. The Kier molecular flexibility index (Phi) is 4.58. The summed E-state index contributed by atoms with van der Waals surface area (Å²) in [6, 6.07) is 3.19. The van der Waals surface area contributed by atoms with Gasteiger partial charge >= 0.3 is 0 Å². The number of nitrogens with zero attached hydrogens (tertiary/aromatic N) is 1. The molecule has 0 aromatic heterocycles. The highest BCUT2D eigenvalue weighted by atomic mass is 35.5. The molecule has 1 heterocycles. The van der Waals surface area contributed by atoms with Gasteiger partial charge < -0.3 is 10.6 Å². The normalized spacial score (nSPS) is 18.9. The molecule has 1 atom stereocenters. The quantitative estimate of drug-likeness (QED) is 0.862. The standard InChI is InChI=1S/C14H18Cl2N2O/c1-2-3-9-4-5-18(8-9)14(19)10-6-11(15)13(16)12(17)7-10/h6-7,9H,2-5,8,17H2,1H3. The number of nitrogens with two attached hydrogens (primary N) is 1. The SMILES string of the molecule is CCCC1CCN(C(=O)c2cc(N)c(Cl)c(Cl)c2)C1.